The maximum atomic E-state index is 12.3. The number of rotatable bonds is 1. The van der Waals surface area contributed by atoms with E-state index in [9.17, 15) is 19.5 Å². The maximum absolute atomic E-state index is 12.3. The quantitative estimate of drug-likeness (QED) is 0.702. The summed E-state index contributed by atoms with van der Waals surface area (Å²) in [5.41, 5.74) is 0.147. The smallest absolute Gasteiger partial charge is 0.335 e. The fraction of sp³-hybridized carbons (Fsp3) is 0. The lowest BCUT2D eigenvalue weighted by molar-refractivity contribution is 0.0696. The Morgan fingerprint density at radius 2 is 1.65 bits per heavy atom. The van der Waals surface area contributed by atoms with E-state index in [2.05, 4.69) is 0 Å². The largest absolute Gasteiger partial charge is 0.507 e. The summed E-state index contributed by atoms with van der Waals surface area (Å²) in [6.45, 7) is 0. The first kappa shape index (κ1) is 12.1. The summed E-state index contributed by atoms with van der Waals surface area (Å²) in [6, 6.07) is 7.98. The minimum atomic E-state index is -1.17. The summed E-state index contributed by atoms with van der Waals surface area (Å²) in [5, 5.41) is 18.7. The molecular formula is C15H8O5. The highest BCUT2D eigenvalue weighted by molar-refractivity contribution is 6.29. The van der Waals surface area contributed by atoms with Gasteiger partial charge in [0, 0.05) is 16.7 Å². The minimum Gasteiger partial charge on any atom is -0.507 e. The molecule has 0 saturated heterocycles. The van der Waals surface area contributed by atoms with Crippen molar-refractivity contribution in [3.05, 3.63) is 64.2 Å². The molecule has 0 radical (unpaired) electrons. The molecule has 3 rings (SSSR count). The first-order valence-corrected chi connectivity index (χ1v) is 5.79. The van der Waals surface area contributed by atoms with Crippen LogP contribution in [0.15, 0.2) is 36.4 Å². The summed E-state index contributed by atoms with van der Waals surface area (Å²) in [7, 11) is 0. The van der Waals surface area contributed by atoms with Crippen LogP contribution in [-0.4, -0.2) is 27.7 Å². The Kier molecular flexibility index (Phi) is 2.44. The summed E-state index contributed by atoms with van der Waals surface area (Å²) >= 11 is 0. The first-order chi connectivity index (χ1) is 9.50. The van der Waals surface area contributed by atoms with E-state index in [4.69, 9.17) is 5.11 Å². The molecular weight excluding hydrogens is 260 g/mol. The third-order valence-corrected chi connectivity index (χ3v) is 3.27. The third kappa shape index (κ3) is 1.53. The molecule has 0 spiro atoms. The third-order valence-electron chi connectivity index (χ3n) is 3.27. The number of aromatic hydroxyl groups is 1. The van der Waals surface area contributed by atoms with E-state index in [0.717, 1.165) is 0 Å². The molecule has 0 atom stereocenters. The Hall–Kier alpha value is -2.95. The van der Waals surface area contributed by atoms with Crippen LogP contribution in [-0.2, 0) is 0 Å². The van der Waals surface area contributed by atoms with Crippen molar-refractivity contribution < 1.29 is 24.6 Å². The maximum Gasteiger partial charge on any atom is 0.335 e. The highest BCUT2D eigenvalue weighted by atomic mass is 16.4. The molecule has 1 aliphatic rings. The standard InChI is InChI=1S/C15H8O5/c16-11-3-1-2-9-12(11)14(18)8-5-4-7(15(19)20)6-10(8)13(9)17/h1-6,16H,(H,19,20). The van der Waals surface area contributed by atoms with Crippen molar-refractivity contribution in [3.63, 3.8) is 0 Å². The van der Waals surface area contributed by atoms with E-state index in [1.54, 1.807) is 0 Å². The molecule has 2 aromatic carbocycles. The number of carbonyl (C=O) groups is 3. The fourth-order valence-electron chi connectivity index (χ4n) is 2.31. The van der Waals surface area contributed by atoms with Crippen LogP contribution in [0.25, 0.3) is 0 Å². The number of carbonyl (C=O) groups excluding carboxylic acids is 2. The SMILES string of the molecule is O=C(O)c1ccc2c(c1)C(=O)c1cccc(O)c1C2=O. The first-order valence-electron chi connectivity index (χ1n) is 5.79. The molecule has 5 heteroatoms. The molecule has 1 aliphatic carbocycles. The van der Waals surface area contributed by atoms with Gasteiger partial charge in [0.05, 0.1) is 11.1 Å². The van der Waals surface area contributed by atoms with Crippen LogP contribution in [0.1, 0.15) is 42.2 Å². The Balaban J connectivity index is 2.29. The van der Waals surface area contributed by atoms with E-state index >= 15 is 0 Å². The topological polar surface area (TPSA) is 91.7 Å². The molecule has 0 heterocycles. The van der Waals surface area contributed by atoms with E-state index in [-0.39, 0.29) is 33.6 Å². The summed E-state index contributed by atoms with van der Waals surface area (Å²) in [4.78, 5) is 35.6. The van der Waals surface area contributed by atoms with Crippen molar-refractivity contribution in [3.8, 4) is 5.75 Å². The number of carboxylic acids is 1. The molecule has 2 aromatic rings. The van der Waals surface area contributed by atoms with Crippen molar-refractivity contribution in [2.24, 2.45) is 0 Å². The van der Waals surface area contributed by atoms with Gasteiger partial charge in [0.2, 0.25) is 0 Å². The molecule has 5 nitrogen and oxygen atoms in total. The van der Waals surface area contributed by atoms with Crippen molar-refractivity contribution in [1.29, 1.82) is 0 Å². The van der Waals surface area contributed by atoms with Crippen LogP contribution in [0.5, 0.6) is 5.75 Å². The van der Waals surface area contributed by atoms with Gasteiger partial charge in [-0.1, -0.05) is 12.1 Å². The van der Waals surface area contributed by atoms with Crippen molar-refractivity contribution in [1.82, 2.24) is 0 Å². The summed E-state index contributed by atoms with van der Waals surface area (Å²) < 4.78 is 0. The van der Waals surface area contributed by atoms with Crippen LogP contribution in [0.3, 0.4) is 0 Å². The number of hydrogen-bond donors (Lipinski definition) is 2. The zero-order valence-corrected chi connectivity index (χ0v) is 10.1. The lowest BCUT2D eigenvalue weighted by Crippen LogP contribution is -2.21. The number of hydrogen-bond acceptors (Lipinski definition) is 4. The molecule has 98 valence electrons. The lowest BCUT2D eigenvalue weighted by Gasteiger charge is -2.18. The molecule has 2 N–H and O–H groups in total. The predicted molar refractivity (Wildman–Crippen MR) is 68.4 cm³/mol. The average Bonchev–Trinajstić information content (AvgIpc) is 2.44. The van der Waals surface area contributed by atoms with E-state index in [0.29, 0.717) is 0 Å². The molecule has 0 saturated carbocycles. The second-order valence-electron chi connectivity index (χ2n) is 4.42. The Labute approximate surface area is 113 Å². The zero-order chi connectivity index (χ0) is 14.4. The lowest BCUT2D eigenvalue weighted by atomic mass is 9.83. The zero-order valence-electron chi connectivity index (χ0n) is 10.1. The normalized spacial score (nSPS) is 12.8. The van der Waals surface area contributed by atoms with Crippen LogP contribution < -0.4 is 0 Å². The second-order valence-corrected chi connectivity index (χ2v) is 4.42. The van der Waals surface area contributed by atoms with Gasteiger partial charge in [-0.3, -0.25) is 9.59 Å². The van der Waals surface area contributed by atoms with Gasteiger partial charge in [-0.05, 0) is 24.3 Å². The van der Waals surface area contributed by atoms with Gasteiger partial charge in [0.1, 0.15) is 5.75 Å². The van der Waals surface area contributed by atoms with Crippen LogP contribution in [0.2, 0.25) is 0 Å². The van der Waals surface area contributed by atoms with Gasteiger partial charge in [-0.15, -0.1) is 0 Å². The molecule has 0 unspecified atom stereocenters. The predicted octanol–water partition coefficient (Wildman–Crippen LogP) is 1.87. The Bertz CT molecular complexity index is 789. The van der Waals surface area contributed by atoms with E-state index in [1.165, 1.54) is 36.4 Å². The fourth-order valence-corrected chi connectivity index (χ4v) is 2.31. The Morgan fingerprint density at radius 3 is 2.35 bits per heavy atom. The molecule has 0 bridgehead atoms. The molecule has 0 fully saturated rings. The number of carboxylic acid groups (broad SMARTS) is 1. The summed E-state index contributed by atoms with van der Waals surface area (Å²) in [6.07, 6.45) is 0. The molecule has 20 heavy (non-hydrogen) atoms. The number of ketones is 2. The van der Waals surface area contributed by atoms with Crippen LogP contribution >= 0.6 is 0 Å². The number of phenols is 1. The highest BCUT2D eigenvalue weighted by Crippen LogP contribution is 2.32. The van der Waals surface area contributed by atoms with Crippen molar-refractivity contribution in [2.75, 3.05) is 0 Å². The number of benzene rings is 2. The van der Waals surface area contributed by atoms with Gasteiger partial charge in [0.15, 0.2) is 11.6 Å². The van der Waals surface area contributed by atoms with Gasteiger partial charge in [-0.2, -0.15) is 0 Å². The van der Waals surface area contributed by atoms with E-state index < -0.39 is 17.5 Å². The van der Waals surface area contributed by atoms with Gasteiger partial charge >= 0.3 is 5.97 Å². The highest BCUT2D eigenvalue weighted by Gasteiger charge is 2.32. The number of phenolic OH excluding ortho intramolecular Hbond substituents is 1. The minimum absolute atomic E-state index is 0.0342. The van der Waals surface area contributed by atoms with Crippen LogP contribution in [0.4, 0.5) is 0 Å². The van der Waals surface area contributed by atoms with E-state index in [1.807, 2.05) is 0 Å². The summed E-state index contributed by atoms with van der Waals surface area (Å²) in [5.74, 6) is -2.37. The Morgan fingerprint density at radius 1 is 0.900 bits per heavy atom. The van der Waals surface area contributed by atoms with Crippen molar-refractivity contribution >= 4 is 17.5 Å². The van der Waals surface area contributed by atoms with Gasteiger partial charge < -0.3 is 10.2 Å². The monoisotopic (exact) mass is 268 g/mol. The number of fused-ring (bicyclic) bond motifs is 2. The van der Waals surface area contributed by atoms with Crippen LogP contribution in [0, 0.1) is 0 Å². The molecule has 0 aromatic heterocycles. The molecule has 0 amide bonds. The van der Waals surface area contributed by atoms with Gasteiger partial charge in [0.25, 0.3) is 0 Å². The molecule has 0 aliphatic heterocycles. The second kappa shape index (κ2) is 4.03. The van der Waals surface area contributed by atoms with Gasteiger partial charge in [-0.25, -0.2) is 4.79 Å². The average molecular weight is 268 g/mol. The number of aromatic carboxylic acids is 1. The van der Waals surface area contributed by atoms with Crippen molar-refractivity contribution in [2.45, 2.75) is 0 Å².